The lowest BCUT2D eigenvalue weighted by molar-refractivity contribution is 0.414. The van der Waals surface area contributed by atoms with Crippen molar-refractivity contribution in [3.8, 4) is 17.2 Å². The molecule has 3 rings (SSSR count). The van der Waals surface area contributed by atoms with Gasteiger partial charge in [0.05, 0.1) is 24.2 Å². The summed E-state index contributed by atoms with van der Waals surface area (Å²) in [5.41, 5.74) is 1.32. The largest absolute Gasteiger partial charge is 0.507 e. The molecule has 0 unspecified atom stereocenters. The van der Waals surface area contributed by atoms with Gasteiger partial charge in [-0.3, -0.25) is 0 Å². The molecule has 0 radical (unpaired) electrons. The second kappa shape index (κ2) is 6.87. The Morgan fingerprint density at radius 3 is 2.54 bits per heavy atom. The number of rotatable bonds is 4. The summed E-state index contributed by atoms with van der Waals surface area (Å²) in [4.78, 5) is 16.6. The molecule has 0 saturated heterocycles. The zero-order chi connectivity index (χ0) is 18.8. The van der Waals surface area contributed by atoms with Crippen LogP contribution in [0, 0.1) is 13.8 Å². The Labute approximate surface area is 150 Å². The third-order valence-corrected chi connectivity index (χ3v) is 3.83. The standard InChI is InChI=1S/C19H19N3O4/c1-11-9-17(22(21-11)14-5-7-15(25-4)8-6-14)20-13(3)18-16(23)10-12(2)26-19(18)24/h5-10,23H,1-4H3. The van der Waals surface area contributed by atoms with Crippen LogP contribution >= 0.6 is 0 Å². The number of aromatic nitrogens is 2. The van der Waals surface area contributed by atoms with Gasteiger partial charge in [0.1, 0.15) is 22.8 Å². The smallest absolute Gasteiger partial charge is 0.348 e. The average Bonchev–Trinajstić information content (AvgIpc) is 2.94. The summed E-state index contributed by atoms with van der Waals surface area (Å²) in [5.74, 6) is 1.45. The first-order valence-electron chi connectivity index (χ1n) is 7.99. The van der Waals surface area contributed by atoms with Crippen molar-refractivity contribution in [1.82, 2.24) is 9.78 Å². The van der Waals surface area contributed by atoms with E-state index in [-0.39, 0.29) is 11.3 Å². The Hall–Kier alpha value is -3.35. The lowest BCUT2D eigenvalue weighted by Gasteiger charge is -2.07. The maximum Gasteiger partial charge on any atom is 0.348 e. The molecule has 7 nitrogen and oxygen atoms in total. The van der Waals surface area contributed by atoms with E-state index < -0.39 is 5.63 Å². The summed E-state index contributed by atoms with van der Waals surface area (Å²) in [7, 11) is 1.60. The molecule has 1 aromatic carbocycles. The Kier molecular flexibility index (Phi) is 4.62. The van der Waals surface area contributed by atoms with Crippen LogP contribution in [0.3, 0.4) is 0 Å². The Bertz CT molecular complexity index is 1030. The Morgan fingerprint density at radius 1 is 1.23 bits per heavy atom. The maximum atomic E-state index is 12.1. The van der Waals surface area contributed by atoms with Crippen LogP contribution in [0.15, 0.2) is 50.6 Å². The summed E-state index contributed by atoms with van der Waals surface area (Å²) in [5, 5.41) is 14.5. The molecule has 0 aliphatic rings. The number of ether oxygens (including phenoxy) is 1. The van der Waals surface area contributed by atoms with E-state index in [1.54, 1.807) is 31.7 Å². The molecule has 7 heteroatoms. The lowest BCUT2D eigenvalue weighted by Crippen LogP contribution is -2.13. The second-order valence-corrected chi connectivity index (χ2v) is 5.86. The molecule has 0 aliphatic heterocycles. The molecule has 0 bridgehead atoms. The first kappa shape index (κ1) is 17.5. The molecule has 134 valence electrons. The van der Waals surface area contributed by atoms with E-state index >= 15 is 0 Å². The highest BCUT2D eigenvalue weighted by molar-refractivity contribution is 6.01. The zero-order valence-electron chi connectivity index (χ0n) is 15.0. The van der Waals surface area contributed by atoms with Crippen molar-refractivity contribution >= 4 is 11.5 Å². The topological polar surface area (TPSA) is 89.8 Å². The summed E-state index contributed by atoms with van der Waals surface area (Å²) >= 11 is 0. The van der Waals surface area contributed by atoms with Gasteiger partial charge in [0.25, 0.3) is 0 Å². The predicted molar refractivity (Wildman–Crippen MR) is 98.1 cm³/mol. The van der Waals surface area contributed by atoms with Crippen LogP contribution in [0.2, 0.25) is 0 Å². The first-order valence-corrected chi connectivity index (χ1v) is 7.99. The van der Waals surface area contributed by atoms with Gasteiger partial charge in [-0.15, -0.1) is 0 Å². The molecule has 3 aromatic rings. The second-order valence-electron chi connectivity index (χ2n) is 5.86. The molecule has 26 heavy (non-hydrogen) atoms. The molecule has 0 aliphatic carbocycles. The molecule has 2 aromatic heterocycles. The van der Waals surface area contributed by atoms with Gasteiger partial charge in [-0.1, -0.05) is 0 Å². The molecule has 0 fully saturated rings. The van der Waals surface area contributed by atoms with Crippen LogP contribution in [0.25, 0.3) is 5.69 Å². The minimum absolute atomic E-state index is 0.0377. The van der Waals surface area contributed by atoms with Crippen molar-refractivity contribution in [3.63, 3.8) is 0 Å². The van der Waals surface area contributed by atoms with E-state index in [4.69, 9.17) is 9.15 Å². The number of methoxy groups -OCH3 is 1. The van der Waals surface area contributed by atoms with Crippen LogP contribution in [0.4, 0.5) is 5.82 Å². The van der Waals surface area contributed by atoms with Crippen LogP contribution in [0.1, 0.15) is 23.9 Å². The van der Waals surface area contributed by atoms with E-state index in [2.05, 4.69) is 10.1 Å². The van der Waals surface area contributed by atoms with Gasteiger partial charge in [0.2, 0.25) is 0 Å². The SMILES string of the molecule is COc1ccc(-n2nc(C)cc2N=C(C)c2c(O)cc(C)oc2=O)cc1. The van der Waals surface area contributed by atoms with E-state index in [1.807, 2.05) is 31.2 Å². The van der Waals surface area contributed by atoms with Gasteiger partial charge in [-0.2, -0.15) is 5.10 Å². The number of aryl methyl sites for hydroxylation is 2. The quantitative estimate of drug-likeness (QED) is 0.727. The van der Waals surface area contributed by atoms with Gasteiger partial charge in [-0.25, -0.2) is 14.5 Å². The van der Waals surface area contributed by atoms with Crippen molar-refractivity contribution in [1.29, 1.82) is 0 Å². The van der Waals surface area contributed by atoms with Gasteiger partial charge in [0.15, 0.2) is 5.82 Å². The van der Waals surface area contributed by atoms with E-state index in [0.717, 1.165) is 17.1 Å². The molecule has 0 atom stereocenters. The minimum atomic E-state index is -0.629. The summed E-state index contributed by atoms with van der Waals surface area (Å²) in [6, 6.07) is 10.6. The first-order chi connectivity index (χ1) is 12.4. The molecular formula is C19H19N3O4. The van der Waals surface area contributed by atoms with Crippen molar-refractivity contribution in [2.45, 2.75) is 20.8 Å². The fourth-order valence-electron chi connectivity index (χ4n) is 2.64. The highest BCUT2D eigenvalue weighted by Gasteiger charge is 2.15. The highest BCUT2D eigenvalue weighted by Crippen LogP contribution is 2.24. The van der Waals surface area contributed by atoms with Crippen molar-refractivity contribution in [2.75, 3.05) is 7.11 Å². The fraction of sp³-hybridized carbons (Fsp3) is 0.211. The molecular weight excluding hydrogens is 334 g/mol. The zero-order valence-corrected chi connectivity index (χ0v) is 15.0. The average molecular weight is 353 g/mol. The minimum Gasteiger partial charge on any atom is -0.507 e. The highest BCUT2D eigenvalue weighted by atomic mass is 16.5. The van der Waals surface area contributed by atoms with Gasteiger partial charge < -0.3 is 14.3 Å². The van der Waals surface area contributed by atoms with Crippen molar-refractivity contribution in [2.24, 2.45) is 4.99 Å². The summed E-state index contributed by atoms with van der Waals surface area (Å²) in [6.45, 7) is 5.09. The number of hydrogen-bond acceptors (Lipinski definition) is 6. The fourth-order valence-corrected chi connectivity index (χ4v) is 2.64. The van der Waals surface area contributed by atoms with E-state index in [9.17, 15) is 9.90 Å². The molecule has 2 heterocycles. The third-order valence-electron chi connectivity index (χ3n) is 3.83. The van der Waals surface area contributed by atoms with Crippen LogP contribution in [-0.4, -0.2) is 27.7 Å². The molecule has 0 amide bonds. The normalized spacial score (nSPS) is 11.6. The number of aliphatic imine (C=N–C) groups is 1. The number of aromatic hydroxyl groups is 1. The Morgan fingerprint density at radius 2 is 1.92 bits per heavy atom. The number of hydrogen-bond donors (Lipinski definition) is 1. The van der Waals surface area contributed by atoms with Crippen LogP contribution in [-0.2, 0) is 0 Å². The number of nitrogens with zero attached hydrogens (tertiary/aromatic N) is 3. The monoisotopic (exact) mass is 353 g/mol. The molecule has 0 saturated carbocycles. The predicted octanol–water partition coefficient (Wildman–Crippen LogP) is 3.30. The molecule has 1 N–H and O–H groups in total. The van der Waals surface area contributed by atoms with Crippen LogP contribution < -0.4 is 10.4 Å². The third kappa shape index (κ3) is 3.37. The molecule has 0 spiro atoms. The van der Waals surface area contributed by atoms with Gasteiger partial charge in [-0.05, 0) is 45.0 Å². The van der Waals surface area contributed by atoms with E-state index in [1.165, 1.54) is 6.07 Å². The van der Waals surface area contributed by atoms with Crippen molar-refractivity contribution in [3.05, 3.63) is 63.8 Å². The van der Waals surface area contributed by atoms with Gasteiger partial charge in [0, 0.05) is 12.1 Å². The van der Waals surface area contributed by atoms with E-state index in [0.29, 0.717) is 17.3 Å². The van der Waals surface area contributed by atoms with Gasteiger partial charge >= 0.3 is 5.63 Å². The van der Waals surface area contributed by atoms with Crippen molar-refractivity contribution < 1.29 is 14.3 Å². The number of benzene rings is 1. The Balaban J connectivity index is 2.08. The summed E-state index contributed by atoms with van der Waals surface area (Å²) < 4.78 is 11.9. The van der Waals surface area contributed by atoms with Crippen LogP contribution in [0.5, 0.6) is 11.5 Å². The maximum absolute atomic E-state index is 12.1. The summed E-state index contributed by atoms with van der Waals surface area (Å²) in [6.07, 6.45) is 0. The lowest BCUT2D eigenvalue weighted by atomic mass is 10.1.